The third kappa shape index (κ3) is 4.82. The molecule has 1 aromatic heterocycles. The molecule has 0 unspecified atom stereocenters. The Bertz CT molecular complexity index is 817. The van der Waals surface area contributed by atoms with Gasteiger partial charge in [-0.25, -0.2) is 0 Å². The second-order valence-electron chi connectivity index (χ2n) is 6.89. The number of thiocarbonyl (C=S) groups is 1. The summed E-state index contributed by atoms with van der Waals surface area (Å²) >= 11 is 5.40. The smallest absolute Gasteiger partial charge is 0.361 e. The van der Waals surface area contributed by atoms with Gasteiger partial charge in [0.15, 0.2) is 5.11 Å². The Morgan fingerprint density at radius 2 is 1.93 bits per heavy atom. The van der Waals surface area contributed by atoms with Crippen molar-refractivity contribution in [2.75, 3.05) is 31.5 Å². The average molecular weight is 412 g/mol. The van der Waals surface area contributed by atoms with Gasteiger partial charge in [0.1, 0.15) is 5.76 Å². The van der Waals surface area contributed by atoms with Crippen LogP contribution in [0.2, 0.25) is 0 Å². The number of aryl methyl sites for hydroxylation is 2. The summed E-state index contributed by atoms with van der Waals surface area (Å²) in [5, 5.41) is 7.09. The van der Waals surface area contributed by atoms with Crippen molar-refractivity contribution in [3.05, 3.63) is 46.8 Å². The van der Waals surface area contributed by atoms with E-state index in [0.29, 0.717) is 18.2 Å². The van der Waals surface area contributed by atoms with E-state index in [1.807, 2.05) is 18.7 Å². The first-order chi connectivity index (χ1) is 13.3. The van der Waals surface area contributed by atoms with Crippen LogP contribution in [0, 0.1) is 13.8 Å². The Kier molecular flexibility index (Phi) is 6.24. The Morgan fingerprint density at radius 3 is 2.61 bits per heavy atom. The first kappa shape index (κ1) is 20.6. The van der Waals surface area contributed by atoms with Gasteiger partial charge >= 0.3 is 6.18 Å². The summed E-state index contributed by atoms with van der Waals surface area (Å²) in [7, 11) is 0. The fourth-order valence-electron chi connectivity index (χ4n) is 3.32. The van der Waals surface area contributed by atoms with E-state index in [9.17, 15) is 13.2 Å². The second kappa shape index (κ2) is 8.48. The third-order valence-electron chi connectivity index (χ3n) is 4.91. The first-order valence-electron chi connectivity index (χ1n) is 9.12. The maximum Gasteiger partial charge on any atom is 0.418 e. The molecule has 28 heavy (non-hydrogen) atoms. The lowest BCUT2D eigenvalue weighted by Gasteiger charge is -2.25. The van der Waals surface area contributed by atoms with Gasteiger partial charge in [0.05, 0.1) is 16.9 Å². The van der Waals surface area contributed by atoms with Crippen molar-refractivity contribution in [1.29, 1.82) is 0 Å². The molecule has 9 heteroatoms. The summed E-state index contributed by atoms with van der Waals surface area (Å²) in [6, 6.07) is 5.39. The van der Waals surface area contributed by atoms with Crippen LogP contribution in [-0.2, 0) is 12.7 Å². The van der Waals surface area contributed by atoms with Crippen molar-refractivity contribution in [2.45, 2.75) is 33.0 Å². The zero-order valence-corrected chi connectivity index (χ0v) is 16.7. The number of benzene rings is 1. The largest absolute Gasteiger partial charge is 0.418 e. The molecule has 3 rings (SSSR count). The van der Waals surface area contributed by atoms with Crippen LogP contribution in [0.1, 0.15) is 29.0 Å². The minimum atomic E-state index is -4.43. The fourth-order valence-corrected chi connectivity index (χ4v) is 3.61. The molecule has 0 radical (unpaired) electrons. The Labute approximate surface area is 167 Å². The van der Waals surface area contributed by atoms with Crippen LogP contribution in [0.3, 0.4) is 0 Å². The zero-order valence-electron chi connectivity index (χ0n) is 15.8. The van der Waals surface area contributed by atoms with E-state index in [1.165, 1.54) is 12.1 Å². The van der Waals surface area contributed by atoms with Crippen molar-refractivity contribution >= 4 is 23.0 Å². The number of anilines is 1. The maximum absolute atomic E-state index is 13.2. The minimum absolute atomic E-state index is 0.0168. The number of para-hydroxylation sites is 1. The van der Waals surface area contributed by atoms with Crippen LogP contribution in [0.5, 0.6) is 0 Å². The topological polar surface area (TPSA) is 44.5 Å². The van der Waals surface area contributed by atoms with E-state index in [2.05, 4.69) is 15.4 Å². The lowest BCUT2D eigenvalue weighted by Crippen LogP contribution is -2.38. The predicted molar refractivity (Wildman–Crippen MR) is 105 cm³/mol. The number of nitrogens with one attached hydrogen (secondary N) is 1. The quantitative estimate of drug-likeness (QED) is 0.762. The van der Waals surface area contributed by atoms with Crippen molar-refractivity contribution in [2.24, 2.45) is 0 Å². The molecule has 1 aliphatic rings. The number of alkyl halides is 3. The second-order valence-corrected chi connectivity index (χ2v) is 7.28. The average Bonchev–Trinajstić information content (AvgIpc) is 2.84. The summed E-state index contributed by atoms with van der Waals surface area (Å²) in [6.45, 7) is 7.53. The zero-order chi connectivity index (χ0) is 20.3. The molecule has 2 heterocycles. The monoisotopic (exact) mass is 412 g/mol. The molecule has 0 spiro atoms. The van der Waals surface area contributed by atoms with E-state index in [-0.39, 0.29) is 5.69 Å². The Morgan fingerprint density at radius 1 is 1.18 bits per heavy atom. The van der Waals surface area contributed by atoms with Crippen LogP contribution < -0.4 is 5.32 Å². The summed E-state index contributed by atoms with van der Waals surface area (Å²) in [6.07, 6.45) is -3.56. The van der Waals surface area contributed by atoms with Gasteiger partial charge in [-0.1, -0.05) is 17.3 Å². The van der Waals surface area contributed by atoms with E-state index in [0.717, 1.165) is 49.1 Å². The van der Waals surface area contributed by atoms with Gasteiger partial charge in [-0.3, -0.25) is 4.90 Å². The molecular weight excluding hydrogens is 389 g/mol. The number of hydrogen-bond acceptors (Lipinski definition) is 4. The van der Waals surface area contributed by atoms with Crippen LogP contribution in [0.25, 0.3) is 0 Å². The lowest BCUT2D eigenvalue weighted by molar-refractivity contribution is -0.136. The SMILES string of the molecule is Cc1noc(C)c1CN1CCCN(C(=S)Nc2ccccc2C(F)(F)F)CC1. The number of rotatable bonds is 3. The highest BCUT2D eigenvalue weighted by Gasteiger charge is 2.33. The molecule has 2 aromatic rings. The van der Waals surface area contributed by atoms with Gasteiger partial charge < -0.3 is 14.7 Å². The molecule has 0 saturated carbocycles. The molecule has 1 fully saturated rings. The molecule has 152 valence electrons. The van der Waals surface area contributed by atoms with Gasteiger partial charge in [-0.15, -0.1) is 0 Å². The van der Waals surface area contributed by atoms with Gasteiger partial charge in [-0.2, -0.15) is 13.2 Å². The molecule has 1 aliphatic heterocycles. The van der Waals surface area contributed by atoms with Crippen molar-refractivity contribution in [1.82, 2.24) is 15.0 Å². The molecule has 1 N–H and O–H groups in total. The van der Waals surface area contributed by atoms with Gasteiger partial charge in [-0.05, 0) is 44.6 Å². The van der Waals surface area contributed by atoms with E-state index in [4.69, 9.17) is 16.7 Å². The molecule has 0 atom stereocenters. The maximum atomic E-state index is 13.2. The van der Waals surface area contributed by atoms with Gasteiger partial charge in [0.25, 0.3) is 0 Å². The molecule has 1 saturated heterocycles. The normalized spacial score (nSPS) is 16.1. The Balaban J connectivity index is 1.62. The summed E-state index contributed by atoms with van der Waals surface area (Å²) in [5.74, 6) is 0.819. The highest BCUT2D eigenvalue weighted by Crippen LogP contribution is 2.34. The fraction of sp³-hybridized carbons (Fsp3) is 0.474. The molecule has 0 amide bonds. The van der Waals surface area contributed by atoms with E-state index in [1.54, 1.807) is 6.07 Å². The number of hydrogen-bond donors (Lipinski definition) is 1. The summed E-state index contributed by atoms with van der Waals surface area (Å²) < 4.78 is 44.8. The summed E-state index contributed by atoms with van der Waals surface area (Å²) in [4.78, 5) is 4.22. The lowest BCUT2D eigenvalue weighted by atomic mass is 10.1. The minimum Gasteiger partial charge on any atom is -0.361 e. The molecule has 1 aromatic carbocycles. The van der Waals surface area contributed by atoms with Crippen LogP contribution in [0.15, 0.2) is 28.8 Å². The standard InChI is InChI=1S/C19H23F3N4OS/c1-13-15(14(2)27-24-13)12-25-8-5-9-26(11-10-25)18(28)23-17-7-4-3-6-16(17)19(20,21)22/h3-4,6-7H,5,8-12H2,1-2H3,(H,23,28). The van der Waals surface area contributed by atoms with Gasteiger partial charge in [0, 0.05) is 38.3 Å². The molecule has 0 aliphatic carbocycles. The van der Waals surface area contributed by atoms with Crippen molar-refractivity contribution < 1.29 is 17.7 Å². The third-order valence-corrected chi connectivity index (χ3v) is 5.27. The summed E-state index contributed by atoms with van der Waals surface area (Å²) in [5.41, 5.74) is 1.25. The van der Waals surface area contributed by atoms with Gasteiger partial charge in [0.2, 0.25) is 0 Å². The van der Waals surface area contributed by atoms with Crippen molar-refractivity contribution in [3.63, 3.8) is 0 Å². The number of halogens is 3. The molecule has 0 bridgehead atoms. The highest BCUT2D eigenvalue weighted by molar-refractivity contribution is 7.80. The van der Waals surface area contributed by atoms with E-state index < -0.39 is 11.7 Å². The first-order valence-corrected chi connectivity index (χ1v) is 9.53. The van der Waals surface area contributed by atoms with Crippen molar-refractivity contribution in [3.8, 4) is 0 Å². The van der Waals surface area contributed by atoms with E-state index >= 15 is 0 Å². The number of nitrogens with zero attached hydrogens (tertiary/aromatic N) is 3. The molecule has 5 nitrogen and oxygen atoms in total. The Hall–Kier alpha value is -2.13. The highest BCUT2D eigenvalue weighted by atomic mass is 32.1. The van der Waals surface area contributed by atoms with Crippen LogP contribution in [-0.4, -0.2) is 46.2 Å². The molecular formula is C19H23F3N4OS. The number of aromatic nitrogens is 1. The van der Waals surface area contributed by atoms with Crippen LogP contribution >= 0.6 is 12.2 Å². The van der Waals surface area contributed by atoms with Crippen LogP contribution in [0.4, 0.5) is 18.9 Å². The predicted octanol–water partition coefficient (Wildman–Crippen LogP) is 4.21.